The Hall–Kier alpha value is 1.10. The van der Waals surface area contributed by atoms with Crippen LogP contribution >= 0.6 is 27.9 Å². The first-order valence-corrected chi connectivity index (χ1v) is 19.2. The summed E-state index contributed by atoms with van der Waals surface area (Å²) in [6.07, 6.45) is 6.10. The first-order chi connectivity index (χ1) is 8.41. The molecule has 0 saturated carbocycles. The zero-order valence-corrected chi connectivity index (χ0v) is 18.1. The van der Waals surface area contributed by atoms with Crippen molar-refractivity contribution in [3.8, 4) is 0 Å². The fourth-order valence-electron chi connectivity index (χ4n) is 1.23. The Morgan fingerprint density at radius 2 is 1.42 bits per heavy atom. The van der Waals surface area contributed by atoms with Crippen LogP contribution in [-0.4, -0.2) is 16.6 Å². The van der Waals surface area contributed by atoms with E-state index in [-0.39, 0.29) is 0 Å². The average molecular weight is 396 g/mol. The number of halogens is 3. The van der Waals surface area contributed by atoms with Crippen molar-refractivity contribution in [1.82, 2.24) is 0 Å². The molecule has 0 unspecified atom stereocenters. The number of hydrogen-bond acceptors (Lipinski definition) is 2. The Morgan fingerprint density at radius 3 is 1.79 bits per heavy atom. The van der Waals surface area contributed by atoms with Crippen LogP contribution in [0, 0.1) is 6.08 Å². The van der Waals surface area contributed by atoms with Crippen molar-refractivity contribution in [2.75, 3.05) is 0 Å². The summed E-state index contributed by atoms with van der Waals surface area (Å²) in [6.45, 7) is 13.1. The SMILES string of the molecule is C[Si](C)(C)OC1=[C-]CC=C1O[Si](C)(C)C.[Cl][Ti+]([Cl])[Cl]. The summed E-state index contributed by atoms with van der Waals surface area (Å²) in [7, 11) is 11.8. The van der Waals surface area contributed by atoms with Crippen molar-refractivity contribution < 1.29 is 23.5 Å². The van der Waals surface area contributed by atoms with E-state index in [9.17, 15) is 0 Å². The number of allylic oxidation sites excluding steroid dienone is 2. The van der Waals surface area contributed by atoms with Gasteiger partial charge < -0.3 is 8.85 Å². The van der Waals surface area contributed by atoms with Crippen LogP contribution in [0.2, 0.25) is 39.3 Å². The first-order valence-electron chi connectivity index (χ1n) is 5.93. The van der Waals surface area contributed by atoms with Crippen LogP contribution in [0.1, 0.15) is 6.42 Å². The molecule has 0 heterocycles. The van der Waals surface area contributed by atoms with E-state index >= 15 is 0 Å². The molecule has 0 atom stereocenters. The van der Waals surface area contributed by atoms with Crippen LogP contribution in [0.5, 0.6) is 0 Å². The van der Waals surface area contributed by atoms with Gasteiger partial charge >= 0.3 is 42.6 Å². The van der Waals surface area contributed by atoms with E-state index in [2.05, 4.69) is 51.4 Å². The molecule has 2 nitrogen and oxygen atoms in total. The molecule has 0 spiro atoms. The van der Waals surface area contributed by atoms with Gasteiger partial charge in [0.25, 0.3) is 0 Å². The zero-order chi connectivity index (χ0) is 15.3. The summed E-state index contributed by atoms with van der Waals surface area (Å²) in [4.78, 5) is 0. The van der Waals surface area contributed by atoms with Gasteiger partial charge in [-0.2, -0.15) is 0 Å². The fraction of sp³-hybridized carbons (Fsp3) is 0.636. The molecule has 0 aromatic rings. The Bertz CT molecular complexity index is 314. The molecule has 0 saturated heterocycles. The molecule has 0 radical (unpaired) electrons. The van der Waals surface area contributed by atoms with E-state index in [0.29, 0.717) is 0 Å². The molecule has 1 aliphatic rings. The molecule has 1 aliphatic carbocycles. The molecule has 0 aromatic carbocycles. The predicted molar refractivity (Wildman–Crippen MR) is 85.9 cm³/mol. The molecular formula is C11H21Cl3O2Si2Ti. The van der Waals surface area contributed by atoms with Crippen molar-refractivity contribution in [3.05, 3.63) is 23.7 Å². The van der Waals surface area contributed by atoms with Crippen LogP contribution in [0.15, 0.2) is 17.6 Å². The van der Waals surface area contributed by atoms with Gasteiger partial charge in [0.15, 0.2) is 0 Å². The van der Waals surface area contributed by atoms with Crippen molar-refractivity contribution in [2.45, 2.75) is 45.7 Å². The van der Waals surface area contributed by atoms with Gasteiger partial charge in [0.2, 0.25) is 16.6 Å². The maximum absolute atomic E-state index is 5.95. The molecule has 0 bridgehead atoms. The second-order valence-corrected chi connectivity index (χ2v) is 22.5. The van der Waals surface area contributed by atoms with E-state index in [1.807, 2.05) is 0 Å². The van der Waals surface area contributed by atoms with Crippen LogP contribution in [-0.2, 0) is 23.5 Å². The van der Waals surface area contributed by atoms with Crippen LogP contribution in [0.25, 0.3) is 0 Å². The molecule has 110 valence electrons. The molecular weight excluding hydrogens is 375 g/mol. The van der Waals surface area contributed by atoms with Gasteiger partial charge in [-0.1, -0.05) is 0 Å². The summed E-state index contributed by atoms with van der Waals surface area (Å²) in [5.74, 6) is 1.76. The van der Waals surface area contributed by atoms with E-state index in [1.165, 1.54) is 0 Å². The molecule has 1 rings (SSSR count). The molecule has 19 heavy (non-hydrogen) atoms. The van der Waals surface area contributed by atoms with Crippen LogP contribution < -0.4 is 0 Å². The van der Waals surface area contributed by atoms with Gasteiger partial charge in [0.05, 0.1) is 0 Å². The summed E-state index contributed by atoms with van der Waals surface area (Å²) in [5, 5.41) is 0. The molecule has 0 N–H and O–H groups in total. The third-order valence-corrected chi connectivity index (χ3v) is 3.25. The maximum atomic E-state index is 5.95. The topological polar surface area (TPSA) is 18.5 Å². The molecule has 0 amide bonds. The zero-order valence-electron chi connectivity index (χ0n) is 12.2. The Kier molecular flexibility index (Phi) is 9.01. The monoisotopic (exact) mass is 394 g/mol. The first kappa shape index (κ1) is 20.1. The van der Waals surface area contributed by atoms with Gasteiger partial charge in [0.1, 0.15) is 0 Å². The van der Waals surface area contributed by atoms with Gasteiger partial charge in [-0.25, -0.2) is 6.08 Å². The van der Waals surface area contributed by atoms with E-state index in [1.54, 1.807) is 0 Å². The van der Waals surface area contributed by atoms with Crippen molar-refractivity contribution in [1.29, 1.82) is 0 Å². The minimum absolute atomic E-state index is 0.819. The van der Waals surface area contributed by atoms with Crippen molar-refractivity contribution in [3.63, 3.8) is 0 Å². The molecule has 0 aliphatic heterocycles. The van der Waals surface area contributed by atoms with Crippen molar-refractivity contribution in [2.24, 2.45) is 0 Å². The normalized spacial score (nSPS) is 15.0. The fourth-order valence-corrected chi connectivity index (χ4v) is 2.85. The van der Waals surface area contributed by atoms with E-state index in [4.69, 9.17) is 36.8 Å². The third-order valence-electron chi connectivity index (χ3n) is 1.60. The number of hydrogen-bond donors (Lipinski definition) is 0. The van der Waals surface area contributed by atoms with Crippen LogP contribution in [0.3, 0.4) is 0 Å². The Balaban J connectivity index is 0.000000711. The second kappa shape index (κ2) is 8.52. The van der Waals surface area contributed by atoms with Gasteiger partial charge in [0, 0.05) is 0 Å². The Labute approximate surface area is 136 Å². The average Bonchev–Trinajstić information content (AvgIpc) is 2.45. The quantitative estimate of drug-likeness (QED) is 0.447. The standard InChI is InChI=1S/C11H21O2Si2.3ClH.Ti/c1-14(2,3)12-10-8-7-9-11(10)13-15(4,5)6;;;;/h8H,7H2,1-6H3;3*1H;/q-1;;;;+4/p-3. The predicted octanol–water partition coefficient (Wildman–Crippen LogP) is 5.73. The van der Waals surface area contributed by atoms with Crippen LogP contribution in [0.4, 0.5) is 0 Å². The molecule has 0 aromatic heterocycles. The molecule has 0 fully saturated rings. The summed E-state index contributed by atoms with van der Waals surface area (Å²) < 4.78 is 11.9. The van der Waals surface area contributed by atoms with Gasteiger partial charge in [-0.3, -0.25) is 0 Å². The Morgan fingerprint density at radius 1 is 1.00 bits per heavy atom. The van der Waals surface area contributed by atoms with Gasteiger partial charge in [-0.05, 0) is 50.8 Å². The summed E-state index contributed by atoms with van der Waals surface area (Å²) in [5.41, 5.74) is 0. The minimum atomic E-state index is -1.92. The third kappa shape index (κ3) is 12.5. The number of rotatable bonds is 4. The second-order valence-electron chi connectivity index (χ2n) is 5.92. The molecule has 8 heteroatoms. The van der Waals surface area contributed by atoms with Crippen molar-refractivity contribution >= 4 is 44.5 Å². The summed E-state index contributed by atoms with van der Waals surface area (Å²) in [6, 6.07) is 0. The van der Waals surface area contributed by atoms with E-state index in [0.717, 1.165) is 17.9 Å². The van der Waals surface area contributed by atoms with Gasteiger partial charge in [-0.15, -0.1) is 12.5 Å². The van der Waals surface area contributed by atoms with E-state index < -0.39 is 31.3 Å². The summed E-state index contributed by atoms with van der Waals surface area (Å²) >= 11 is -1.92.